The van der Waals surface area contributed by atoms with Gasteiger partial charge in [-0.25, -0.2) is 4.98 Å². The molecule has 0 radical (unpaired) electrons. The van der Waals surface area contributed by atoms with Crippen molar-refractivity contribution in [3.8, 4) is 11.3 Å². The number of aromatic nitrogens is 2. The lowest BCUT2D eigenvalue weighted by Crippen LogP contribution is -2.19. The van der Waals surface area contributed by atoms with Gasteiger partial charge in [-0.05, 0) is 24.6 Å². The van der Waals surface area contributed by atoms with Crippen LogP contribution >= 0.6 is 11.3 Å². The number of hydrogen-bond acceptors (Lipinski definition) is 5. The Morgan fingerprint density at radius 1 is 1.10 bits per heavy atom. The molecule has 0 fully saturated rings. The number of para-hydroxylation sites is 1. The molecule has 2 heterocycles. The molecule has 0 aliphatic heterocycles. The number of rotatable bonds is 7. The maximum Gasteiger partial charge on any atom is 0.311 e. The first kappa shape index (κ1) is 19.8. The van der Waals surface area contributed by atoms with Gasteiger partial charge in [-0.2, -0.15) is 0 Å². The van der Waals surface area contributed by atoms with Crippen molar-refractivity contribution in [2.75, 3.05) is 11.9 Å². The number of fused-ring (bicyclic) bond motifs is 1. The van der Waals surface area contributed by atoms with Crippen LogP contribution in [-0.4, -0.2) is 28.0 Å². The van der Waals surface area contributed by atoms with Gasteiger partial charge in [0.2, 0.25) is 5.91 Å². The quantitative estimate of drug-likeness (QED) is 0.447. The number of amides is 1. The number of benzene rings is 2. The van der Waals surface area contributed by atoms with Crippen LogP contribution in [0.25, 0.3) is 22.2 Å². The SMILES string of the molecule is CCOC(=O)Cc1csc(NC(=O)Cn2c(-c3ccccc3)cc3ccccc32)n1. The molecule has 6 nitrogen and oxygen atoms in total. The Balaban J connectivity index is 1.54. The average molecular weight is 420 g/mol. The largest absolute Gasteiger partial charge is 0.466 e. The predicted octanol–water partition coefficient (Wildman–Crippen LogP) is 4.51. The molecule has 0 bridgehead atoms. The minimum absolute atomic E-state index is 0.0978. The Kier molecular flexibility index (Phi) is 5.90. The zero-order chi connectivity index (χ0) is 20.9. The van der Waals surface area contributed by atoms with Crippen molar-refractivity contribution >= 4 is 39.2 Å². The van der Waals surface area contributed by atoms with E-state index in [0.29, 0.717) is 17.4 Å². The summed E-state index contributed by atoms with van der Waals surface area (Å²) in [7, 11) is 0. The molecule has 1 amide bonds. The van der Waals surface area contributed by atoms with Gasteiger partial charge < -0.3 is 14.6 Å². The van der Waals surface area contributed by atoms with E-state index >= 15 is 0 Å². The molecule has 4 aromatic rings. The topological polar surface area (TPSA) is 73.2 Å². The normalized spacial score (nSPS) is 10.8. The number of hydrogen-bond donors (Lipinski definition) is 1. The van der Waals surface area contributed by atoms with E-state index in [-0.39, 0.29) is 24.8 Å². The van der Waals surface area contributed by atoms with Crippen molar-refractivity contribution in [2.45, 2.75) is 19.9 Å². The highest BCUT2D eigenvalue weighted by molar-refractivity contribution is 7.13. The lowest BCUT2D eigenvalue weighted by atomic mass is 10.1. The van der Waals surface area contributed by atoms with E-state index in [9.17, 15) is 9.59 Å². The summed E-state index contributed by atoms with van der Waals surface area (Å²) in [5.74, 6) is -0.502. The standard InChI is InChI=1S/C23H21N3O3S/c1-2-29-22(28)13-18-15-30-23(24-18)25-21(27)14-26-19-11-7-6-10-17(19)12-20(26)16-8-4-3-5-9-16/h3-12,15H,2,13-14H2,1H3,(H,24,25,27). The molecule has 7 heteroatoms. The fourth-order valence-corrected chi connectivity index (χ4v) is 4.06. The molecule has 0 atom stereocenters. The molecule has 2 aromatic heterocycles. The van der Waals surface area contributed by atoms with Crippen LogP contribution in [0.1, 0.15) is 12.6 Å². The van der Waals surface area contributed by atoms with Crippen LogP contribution in [0.2, 0.25) is 0 Å². The van der Waals surface area contributed by atoms with Gasteiger partial charge in [0.05, 0.1) is 18.7 Å². The molecule has 30 heavy (non-hydrogen) atoms. The first-order chi connectivity index (χ1) is 14.6. The molecule has 0 unspecified atom stereocenters. The smallest absolute Gasteiger partial charge is 0.311 e. The number of nitrogens with zero attached hydrogens (tertiary/aromatic N) is 2. The minimum Gasteiger partial charge on any atom is -0.466 e. The predicted molar refractivity (Wildman–Crippen MR) is 118 cm³/mol. The summed E-state index contributed by atoms with van der Waals surface area (Å²) >= 11 is 1.29. The summed E-state index contributed by atoms with van der Waals surface area (Å²) in [5, 5.41) is 6.15. The van der Waals surface area contributed by atoms with Crippen LogP contribution in [0.5, 0.6) is 0 Å². The van der Waals surface area contributed by atoms with E-state index in [1.165, 1.54) is 11.3 Å². The number of ether oxygens (including phenoxy) is 1. The third kappa shape index (κ3) is 4.41. The van der Waals surface area contributed by atoms with Crippen LogP contribution in [0.15, 0.2) is 66.0 Å². The molecule has 1 N–H and O–H groups in total. The highest BCUT2D eigenvalue weighted by atomic mass is 32.1. The zero-order valence-corrected chi connectivity index (χ0v) is 17.3. The lowest BCUT2D eigenvalue weighted by molar-refractivity contribution is -0.142. The molecule has 0 spiro atoms. The van der Waals surface area contributed by atoms with Gasteiger partial charge in [-0.1, -0.05) is 48.5 Å². The Morgan fingerprint density at radius 2 is 1.87 bits per heavy atom. The van der Waals surface area contributed by atoms with Crippen molar-refractivity contribution in [3.05, 3.63) is 71.7 Å². The number of thiazole rings is 1. The summed E-state index contributed by atoms with van der Waals surface area (Å²) in [5.41, 5.74) is 3.61. The van der Waals surface area contributed by atoms with E-state index in [1.807, 2.05) is 59.2 Å². The van der Waals surface area contributed by atoms with Crippen molar-refractivity contribution < 1.29 is 14.3 Å². The second kappa shape index (κ2) is 8.92. The van der Waals surface area contributed by atoms with Crippen molar-refractivity contribution in [1.82, 2.24) is 9.55 Å². The molecular formula is C23H21N3O3S. The second-order valence-electron chi connectivity index (χ2n) is 6.71. The highest BCUT2D eigenvalue weighted by Crippen LogP contribution is 2.28. The molecule has 152 valence electrons. The van der Waals surface area contributed by atoms with E-state index < -0.39 is 0 Å². The Labute approximate surface area is 178 Å². The fraction of sp³-hybridized carbons (Fsp3) is 0.174. The van der Waals surface area contributed by atoms with Crippen molar-refractivity contribution in [1.29, 1.82) is 0 Å². The van der Waals surface area contributed by atoms with Gasteiger partial charge >= 0.3 is 5.97 Å². The number of carbonyl (C=O) groups excluding carboxylic acids is 2. The average Bonchev–Trinajstić information content (AvgIpc) is 3.33. The van der Waals surface area contributed by atoms with Gasteiger partial charge in [0.25, 0.3) is 0 Å². The number of nitrogens with one attached hydrogen (secondary N) is 1. The molecule has 4 rings (SSSR count). The summed E-state index contributed by atoms with van der Waals surface area (Å²) < 4.78 is 6.94. The maximum absolute atomic E-state index is 12.8. The lowest BCUT2D eigenvalue weighted by Gasteiger charge is -2.10. The Hall–Kier alpha value is -3.45. The van der Waals surface area contributed by atoms with Gasteiger partial charge in [-0.15, -0.1) is 11.3 Å². The summed E-state index contributed by atoms with van der Waals surface area (Å²) in [6.45, 7) is 2.25. The van der Waals surface area contributed by atoms with Gasteiger partial charge in [-0.3, -0.25) is 9.59 Å². The van der Waals surface area contributed by atoms with Crippen LogP contribution in [-0.2, 0) is 27.3 Å². The van der Waals surface area contributed by atoms with E-state index in [0.717, 1.165) is 22.2 Å². The van der Waals surface area contributed by atoms with E-state index in [2.05, 4.69) is 16.4 Å². The van der Waals surface area contributed by atoms with Crippen molar-refractivity contribution in [3.63, 3.8) is 0 Å². The molecular weight excluding hydrogens is 398 g/mol. The summed E-state index contributed by atoms with van der Waals surface area (Å²) in [4.78, 5) is 28.7. The Bertz CT molecular complexity index is 1180. The van der Waals surface area contributed by atoms with Crippen LogP contribution < -0.4 is 5.32 Å². The first-order valence-corrected chi connectivity index (χ1v) is 10.6. The number of anilines is 1. The summed E-state index contributed by atoms with van der Waals surface area (Å²) in [6.07, 6.45) is 0.0978. The number of esters is 1. The maximum atomic E-state index is 12.8. The van der Waals surface area contributed by atoms with Crippen molar-refractivity contribution in [2.24, 2.45) is 0 Å². The molecule has 0 saturated carbocycles. The number of carbonyl (C=O) groups is 2. The van der Waals surface area contributed by atoms with Gasteiger partial charge in [0.1, 0.15) is 6.54 Å². The van der Waals surface area contributed by atoms with Crippen LogP contribution in [0.3, 0.4) is 0 Å². The molecule has 0 saturated heterocycles. The molecule has 0 aliphatic carbocycles. The highest BCUT2D eigenvalue weighted by Gasteiger charge is 2.15. The fourth-order valence-electron chi connectivity index (χ4n) is 3.34. The molecule has 0 aliphatic rings. The van der Waals surface area contributed by atoms with Gasteiger partial charge in [0.15, 0.2) is 5.13 Å². The minimum atomic E-state index is -0.327. The third-order valence-corrected chi connectivity index (χ3v) is 5.42. The van der Waals surface area contributed by atoms with Crippen LogP contribution in [0, 0.1) is 0 Å². The summed E-state index contributed by atoms with van der Waals surface area (Å²) in [6, 6.07) is 20.1. The monoisotopic (exact) mass is 419 g/mol. The Morgan fingerprint density at radius 3 is 2.67 bits per heavy atom. The van der Waals surface area contributed by atoms with E-state index in [1.54, 1.807) is 12.3 Å². The van der Waals surface area contributed by atoms with E-state index in [4.69, 9.17) is 4.74 Å². The molecule has 2 aromatic carbocycles. The van der Waals surface area contributed by atoms with Crippen LogP contribution in [0.4, 0.5) is 5.13 Å². The second-order valence-corrected chi connectivity index (χ2v) is 7.57. The zero-order valence-electron chi connectivity index (χ0n) is 16.5. The van der Waals surface area contributed by atoms with Gasteiger partial charge in [0, 0.05) is 22.0 Å². The third-order valence-electron chi connectivity index (χ3n) is 4.61. The first-order valence-electron chi connectivity index (χ1n) is 9.67.